The maximum Gasteiger partial charge on any atom is 0.160 e. The molecule has 0 fully saturated rings. The van der Waals surface area contributed by atoms with Gasteiger partial charge in [-0.2, -0.15) is 13.5 Å². The Labute approximate surface area is 158 Å². The maximum atomic E-state index is 14.2. The van der Waals surface area contributed by atoms with Crippen LogP contribution in [0.15, 0.2) is 23.2 Å². The first-order valence-corrected chi connectivity index (χ1v) is 9.41. The molecule has 0 aliphatic carbocycles. The van der Waals surface area contributed by atoms with E-state index < -0.39 is 32.6 Å². The monoisotopic (exact) mass is 413 g/mol. The Bertz CT molecular complexity index is 776. The molecule has 0 saturated heterocycles. The Balaban J connectivity index is 0.00000312. The van der Waals surface area contributed by atoms with Gasteiger partial charge in [0.2, 0.25) is 0 Å². The first kappa shape index (κ1) is 24.7. The van der Waals surface area contributed by atoms with Gasteiger partial charge in [0.05, 0.1) is 0 Å². The lowest BCUT2D eigenvalue weighted by Crippen LogP contribution is -2.70. The van der Waals surface area contributed by atoms with E-state index in [1.807, 2.05) is 0 Å². The van der Waals surface area contributed by atoms with Crippen molar-refractivity contribution < 1.29 is 28.2 Å². The highest BCUT2D eigenvalue weighted by atomic mass is 32.2. The van der Waals surface area contributed by atoms with E-state index in [0.717, 1.165) is 12.3 Å². The zero-order chi connectivity index (χ0) is 18.2. The Hall–Kier alpha value is -1.27. The summed E-state index contributed by atoms with van der Waals surface area (Å²) in [6.07, 6.45) is 1.27. The molecule has 7 nitrogen and oxygen atoms in total. The van der Waals surface area contributed by atoms with E-state index in [-0.39, 0.29) is 55.3 Å². The van der Waals surface area contributed by atoms with E-state index in [9.17, 15) is 22.4 Å². The minimum atomic E-state index is -3.58. The quantitative estimate of drug-likeness (QED) is 0.529. The summed E-state index contributed by atoms with van der Waals surface area (Å²) in [5.41, 5.74) is 4.94. The number of quaternary nitrogens is 1. The molecule has 26 heavy (non-hydrogen) atoms. The van der Waals surface area contributed by atoms with Crippen molar-refractivity contribution in [3.05, 3.63) is 34.8 Å². The molecular weight excluding hydrogens is 388 g/mol. The predicted octanol–water partition coefficient (Wildman–Crippen LogP) is 0.316. The van der Waals surface area contributed by atoms with E-state index in [1.165, 1.54) is 12.1 Å². The summed E-state index contributed by atoms with van der Waals surface area (Å²) >= 11 is 0. The number of hydrogen-bond donors (Lipinski definition) is 2. The van der Waals surface area contributed by atoms with Crippen molar-refractivity contribution in [1.29, 1.82) is 0 Å². The summed E-state index contributed by atoms with van der Waals surface area (Å²) in [5.74, 6) is -0.925. The van der Waals surface area contributed by atoms with Crippen LogP contribution in [0.3, 0.4) is 0 Å². The normalized spacial score (nSPS) is 25.7. The van der Waals surface area contributed by atoms with Crippen LogP contribution in [-0.2, 0) is 15.4 Å². The van der Waals surface area contributed by atoms with E-state index in [1.54, 1.807) is 6.92 Å². The number of rotatable bonds is 5. The molecule has 1 aliphatic heterocycles. The number of halogens is 2. The zero-order valence-corrected chi connectivity index (χ0v) is 16.4. The van der Waals surface area contributed by atoms with Crippen LogP contribution in [0.5, 0.6) is 0 Å². The summed E-state index contributed by atoms with van der Waals surface area (Å²) in [7, 11) is -3.58. The van der Waals surface area contributed by atoms with Crippen LogP contribution in [-0.4, -0.2) is 37.4 Å². The predicted molar refractivity (Wildman–Crippen MR) is 102 cm³/mol. The lowest BCUT2D eigenvalue weighted by Gasteiger charge is -2.41. The van der Waals surface area contributed by atoms with Gasteiger partial charge in [-0.1, -0.05) is 6.92 Å². The molecule has 2 atom stereocenters. The second-order valence-electron chi connectivity index (χ2n) is 6.14. The van der Waals surface area contributed by atoms with Gasteiger partial charge in [-0.3, -0.25) is 4.99 Å². The largest absolute Gasteiger partial charge is 0.630 e. The van der Waals surface area contributed by atoms with Crippen molar-refractivity contribution in [2.75, 3.05) is 12.9 Å². The zero-order valence-electron chi connectivity index (χ0n) is 14.6. The van der Waals surface area contributed by atoms with Gasteiger partial charge < -0.3 is 21.9 Å². The highest BCUT2D eigenvalue weighted by Crippen LogP contribution is 2.43. The van der Waals surface area contributed by atoms with Crippen LogP contribution >= 0.6 is 13.5 Å². The fraction of sp³-hybridized carbons (Fsp3) is 0.533. The number of benzene rings is 1. The molecule has 0 amide bonds. The third kappa shape index (κ3) is 3.86. The lowest BCUT2D eigenvalue weighted by molar-refractivity contribution is -0.497. The molecule has 0 spiro atoms. The van der Waals surface area contributed by atoms with Gasteiger partial charge in [0, 0.05) is 24.0 Å². The third-order valence-electron chi connectivity index (χ3n) is 4.87. The van der Waals surface area contributed by atoms with Crippen LogP contribution in [0.25, 0.3) is 0 Å². The van der Waals surface area contributed by atoms with Crippen molar-refractivity contribution in [2.45, 2.75) is 36.5 Å². The molecule has 1 aliphatic rings. The minimum absolute atomic E-state index is 0. The van der Waals surface area contributed by atoms with Crippen LogP contribution in [0.2, 0.25) is 0 Å². The maximum absolute atomic E-state index is 14.2. The number of alkyl halides is 1. The second-order valence-corrected chi connectivity index (χ2v) is 8.47. The average molecular weight is 414 g/mol. The van der Waals surface area contributed by atoms with E-state index >= 15 is 0 Å². The molecule has 0 bridgehead atoms. The van der Waals surface area contributed by atoms with E-state index in [4.69, 9.17) is 5.73 Å². The van der Waals surface area contributed by atoms with Gasteiger partial charge in [-0.15, -0.1) is 0 Å². The minimum Gasteiger partial charge on any atom is -0.630 e. The summed E-state index contributed by atoms with van der Waals surface area (Å²) in [4.78, 5) is 4.11. The first-order chi connectivity index (χ1) is 11.2. The molecule has 1 aromatic rings. The Morgan fingerprint density at radius 2 is 2.00 bits per heavy atom. The van der Waals surface area contributed by atoms with Gasteiger partial charge in [0.25, 0.3) is 0 Å². The van der Waals surface area contributed by atoms with Crippen molar-refractivity contribution in [3.8, 4) is 0 Å². The van der Waals surface area contributed by atoms with Crippen molar-refractivity contribution >= 4 is 34.9 Å². The fourth-order valence-electron chi connectivity index (χ4n) is 3.26. The highest BCUT2D eigenvalue weighted by molar-refractivity contribution is 7.92. The number of amidine groups is 1. The topological polar surface area (TPSA) is 144 Å². The van der Waals surface area contributed by atoms with Gasteiger partial charge in [-0.25, -0.2) is 17.2 Å². The number of hydrogen-bond acceptors (Lipinski definition) is 5. The van der Waals surface area contributed by atoms with Crippen molar-refractivity contribution in [1.82, 2.24) is 0 Å². The van der Waals surface area contributed by atoms with Crippen molar-refractivity contribution in [2.24, 2.45) is 10.7 Å². The number of aliphatic imine (C=N–C) groups is 1. The summed E-state index contributed by atoms with van der Waals surface area (Å²) in [6, 6.07) is 3.58. The molecule has 2 rings (SSSR count). The Morgan fingerprint density at radius 1 is 1.38 bits per heavy atom. The Morgan fingerprint density at radius 3 is 2.42 bits per heavy atom. The van der Waals surface area contributed by atoms with E-state index in [2.05, 4.69) is 4.99 Å². The standard InChI is InChI=1S/C15H21F2N3O3S.H2O.H2S/c1-3-15(24(2,22)23)7-6-14(9-16,19-13(15)18)11-8-10(20-21)4-5-12(11)17;;/h4-5,8H,3,6-7,9,20H2,1-2H3,(H2,18,19);2*1H2/t14-,15?;;/m1../s1. The van der Waals surface area contributed by atoms with Gasteiger partial charge in [-0.05, 0) is 25.3 Å². The molecule has 1 heterocycles. The second kappa shape index (κ2) is 8.61. The fourth-order valence-corrected chi connectivity index (χ4v) is 4.68. The first-order valence-electron chi connectivity index (χ1n) is 7.52. The lowest BCUT2D eigenvalue weighted by atomic mass is 9.79. The van der Waals surface area contributed by atoms with Crippen LogP contribution in [0, 0.1) is 11.0 Å². The third-order valence-corrected chi connectivity index (χ3v) is 6.99. The van der Waals surface area contributed by atoms with E-state index in [0.29, 0.717) is 5.48 Å². The smallest absolute Gasteiger partial charge is 0.160 e. The van der Waals surface area contributed by atoms with Crippen molar-refractivity contribution in [3.63, 3.8) is 0 Å². The molecule has 150 valence electrons. The SMILES string of the molecule is CCC1(S(C)(=O)=O)CC[C@@](CF)(c2cc([NH2+][O-])ccc2F)N=C1N.O.S. The Kier molecular flexibility index (Phi) is 8.19. The van der Waals surface area contributed by atoms with Gasteiger partial charge in [0.1, 0.15) is 34.3 Å². The summed E-state index contributed by atoms with van der Waals surface area (Å²) in [6.45, 7) is 0.621. The highest BCUT2D eigenvalue weighted by Gasteiger charge is 2.51. The van der Waals surface area contributed by atoms with Crippen LogP contribution in [0.4, 0.5) is 14.5 Å². The molecule has 11 heteroatoms. The molecule has 0 saturated carbocycles. The number of sulfone groups is 1. The summed E-state index contributed by atoms with van der Waals surface area (Å²) < 4.78 is 51.1. The molecule has 1 unspecified atom stereocenters. The molecule has 0 aromatic heterocycles. The molecule has 6 N–H and O–H groups in total. The van der Waals surface area contributed by atoms with Crippen LogP contribution < -0.4 is 11.2 Å². The van der Waals surface area contributed by atoms with Crippen LogP contribution in [0.1, 0.15) is 31.7 Å². The number of nitrogens with zero attached hydrogens (tertiary/aromatic N) is 1. The molecule has 1 aromatic carbocycles. The van der Waals surface area contributed by atoms with Gasteiger partial charge >= 0.3 is 0 Å². The average Bonchev–Trinajstić information content (AvgIpc) is 2.54. The molecule has 0 radical (unpaired) electrons. The number of nitrogens with two attached hydrogens (primary N) is 2. The molecular formula is C15H25F2N3O4S2. The summed E-state index contributed by atoms with van der Waals surface area (Å²) in [5, 5.41) is 10.9. The van der Waals surface area contributed by atoms with Gasteiger partial charge in [0.15, 0.2) is 9.84 Å².